The summed E-state index contributed by atoms with van der Waals surface area (Å²) in [4.78, 5) is 4.36. The predicted molar refractivity (Wildman–Crippen MR) is 68.9 cm³/mol. The molecule has 0 aliphatic carbocycles. The van der Waals surface area contributed by atoms with E-state index in [0.717, 1.165) is 13.1 Å². The van der Waals surface area contributed by atoms with Crippen molar-refractivity contribution in [3.63, 3.8) is 0 Å². The minimum Gasteiger partial charge on any atom is -0.425 e. The third-order valence-electron chi connectivity index (χ3n) is 1.60. The number of likely N-dealkylation sites (N-methyl/N-ethyl adjacent to an activating group) is 2. The van der Waals surface area contributed by atoms with Crippen LogP contribution >= 0.6 is 0 Å². The first-order valence-corrected chi connectivity index (χ1v) is 5.27. The Balaban J connectivity index is -0.000000200. The molecular formula is C13H22F2N2Pd. The first-order valence-electron chi connectivity index (χ1n) is 5.27. The van der Waals surface area contributed by atoms with Crippen LogP contribution in [0.15, 0.2) is 30.3 Å². The second-order valence-corrected chi connectivity index (χ2v) is 3.77. The third-order valence-corrected chi connectivity index (χ3v) is 1.60. The summed E-state index contributed by atoms with van der Waals surface area (Å²) in [5.41, 5.74) is 0. The molecule has 2 nitrogen and oxygen atoms in total. The Hall–Kier alpha value is -0.338. The van der Waals surface area contributed by atoms with E-state index in [1.54, 1.807) is 0 Å². The molecule has 0 unspecified atom stereocenters. The molecular weight excluding hydrogens is 329 g/mol. The quantitative estimate of drug-likeness (QED) is 0.611. The van der Waals surface area contributed by atoms with Crippen molar-refractivity contribution in [1.82, 2.24) is 9.80 Å². The number of nitrogens with zero attached hydrogens (tertiary/aromatic N) is 2. The van der Waals surface area contributed by atoms with Gasteiger partial charge in [-0.1, -0.05) is 0 Å². The summed E-state index contributed by atoms with van der Waals surface area (Å²) >= 11 is 0. The van der Waals surface area contributed by atoms with Gasteiger partial charge in [0.05, 0.1) is 0 Å². The topological polar surface area (TPSA) is 6.48 Å². The van der Waals surface area contributed by atoms with Crippen molar-refractivity contribution in [3.05, 3.63) is 43.3 Å². The molecule has 0 aromatic heterocycles. The molecule has 0 fully saturated rings. The van der Waals surface area contributed by atoms with Crippen molar-refractivity contribution in [2.24, 2.45) is 0 Å². The number of hydrogen-bond donors (Lipinski definition) is 0. The second kappa shape index (κ2) is 19.0. The maximum Gasteiger partial charge on any atom is 2.00 e. The molecule has 1 rings (SSSR count). The first kappa shape index (κ1) is 22.8. The van der Waals surface area contributed by atoms with E-state index in [4.69, 9.17) is 0 Å². The van der Waals surface area contributed by atoms with Crippen molar-refractivity contribution in [3.8, 4) is 0 Å². The molecule has 1 aromatic rings. The van der Waals surface area contributed by atoms with Crippen molar-refractivity contribution in [2.45, 2.75) is 0 Å². The van der Waals surface area contributed by atoms with Crippen LogP contribution in [0.5, 0.6) is 0 Å². The van der Waals surface area contributed by atoms with E-state index >= 15 is 0 Å². The summed E-state index contributed by atoms with van der Waals surface area (Å²) in [7, 11) is 8.35. The third kappa shape index (κ3) is 29.6. The van der Waals surface area contributed by atoms with Gasteiger partial charge in [0.2, 0.25) is 0 Å². The van der Waals surface area contributed by atoms with E-state index in [-0.39, 0.29) is 20.4 Å². The van der Waals surface area contributed by atoms with Crippen LogP contribution in [0.3, 0.4) is 0 Å². The number of hydrogen-bond acceptors (Lipinski definition) is 2. The van der Waals surface area contributed by atoms with Crippen molar-refractivity contribution >= 4 is 0 Å². The molecule has 0 N–H and O–H groups in total. The Morgan fingerprint density at radius 3 is 1.33 bits per heavy atom. The van der Waals surface area contributed by atoms with Gasteiger partial charge in [-0.15, -0.1) is 0 Å². The van der Waals surface area contributed by atoms with Gasteiger partial charge < -0.3 is 18.6 Å². The Morgan fingerprint density at radius 1 is 0.889 bits per heavy atom. The monoisotopic (exact) mass is 350 g/mol. The molecule has 1 aromatic carbocycles. The smallest absolute Gasteiger partial charge is 0.425 e. The molecule has 18 heavy (non-hydrogen) atoms. The molecule has 5 heteroatoms. The van der Waals surface area contributed by atoms with Gasteiger partial charge in [-0.3, -0.25) is 0 Å². The second-order valence-electron chi connectivity index (χ2n) is 3.77. The van der Waals surface area contributed by atoms with Gasteiger partial charge in [0, 0.05) is 13.1 Å². The zero-order chi connectivity index (χ0) is 13.5. The summed E-state index contributed by atoms with van der Waals surface area (Å²) in [6, 6.07) is 12.5. The van der Waals surface area contributed by atoms with Crippen molar-refractivity contribution < 1.29 is 29.2 Å². The van der Waals surface area contributed by atoms with E-state index < -0.39 is 6.93 Å². The summed E-state index contributed by atoms with van der Waals surface area (Å²) in [5, 5.41) is 0. The van der Waals surface area contributed by atoms with Crippen LogP contribution in [0, 0.1) is 13.0 Å². The molecule has 0 atom stereocenters. The number of halogens is 2. The van der Waals surface area contributed by atoms with E-state index in [2.05, 4.69) is 44.1 Å². The number of benzene rings is 1. The van der Waals surface area contributed by atoms with Crippen LogP contribution < -0.4 is 0 Å². The molecule has 0 bridgehead atoms. The summed E-state index contributed by atoms with van der Waals surface area (Å²) in [6.45, 7) is 1.29. The van der Waals surface area contributed by atoms with Gasteiger partial charge in [0.25, 0.3) is 0 Å². The van der Waals surface area contributed by atoms with Gasteiger partial charge >= 0.3 is 20.4 Å². The fourth-order valence-corrected chi connectivity index (χ4v) is 0.742. The Labute approximate surface area is 124 Å². The van der Waals surface area contributed by atoms with E-state index in [0.29, 0.717) is 0 Å². The van der Waals surface area contributed by atoms with Gasteiger partial charge in [-0.05, 0) is 35.1 Å². The van der Waals surface area contributed by atoms with Gasteiger partial charge in [-0.25, -0.2) is 0 Å². The standard InChI is InChI=1S/C6H16N2.C6H5.CHF2.Pd/c1-7(2)5-6-8(3)4;1-2-4-6-5-3-1;2-1-3;/h5-6H2,1-4H3;1-5H;1H;/q;2*-1;+2. The predicted octanol–water partition coefficient (Wildman–Crippen LogP) is 2.64. The van der Waals surface area contributed by atoms with Crippen LogP contribution in [-0.2, 0) is 20.4 Å². The van der Waals surface area contributed by atoms with E-state index in [1.165, 1.54) is 0 Å². The Kier molecular flexibility index (Phi) is 24.1. The fourth-order valence-electron chi connectivity index (χ4n) is 0.742. The molecule has 0 aliphatic heterocycles. The fraction of sp³-hybridized carbons (Fsp3) is 0.462. The molecule has 0 saturated carbocycles. The molecule has 0 amide bonds. The van der Waals surface area contributed by atoms with Gasteiger partial charge in [0.15, 0.2) is 0 Å². The van der Waals surface area contributed by atoms with Gasteiger partial charge in [-0.2, -0.15) is 36.4 Å². The molecule has 0 aliphatic rings. The summed E-state index contributed by atoms with van der Waals surface area (Å²) in [5.74, 6) is 0. The summed E-state index contributed by atoms with van der Waals surface area (Å²) in [6.07, 6.45) is 0. The zero-order valence-electron chi connectivity index (χ0n) is 11.3. The number of rotatable bonds is 3. The van der Waals surface area contributed by atoms with Crippen LogP contribution in [-0.4, -0.2) is 51.1 Å². The summed E-state index contributed by atoms with van der Waals surface area (Å²) < 4.78 is 19.0. The van der Waals surface area contributed by atoms with Crippen LogP contribution in [0.25, 0.3) is 0 Å². The average Bonchev–Trinajstić information content (AvgIpc) is 2.30. The molecule has 108 valence electrons. The zero-order valence-corrected chi connectivity index (χ0v) is 12.9. The largest absolute Gasteiger partial charge is 2.00 e. The van der Waals surface area contributed by atoms with Crippen LogP contribution in [0.1, 0.15) is 0 Å². The van der Waals surface area contributed by atoms with E-state index in [1.807, 2.05) is 30.3 Å². The van der Waals surface area contributed by atoms with Crippen LogP contribution in [0.4, 0.5) is 8.78 Å². The maximum absolute atomic E-state index is 9.50. The minimum absolute atomic E-state index is 0. The van der Waals surface area contributed by atoms with Crippen LogP contribution in [0.2, 0.25) is 0 Å². The normalized spacial score (nSPS) is 8.67. The average molecular weight is 351 g/mol. The molecule has 0 spiro atoms. The maximum atomic E-state index is 9.50. The first-order chi connectivity index (χ1) is 8.04. The Bertz CT molecular complexity index is 187. The molecule has 0 saturated heterocycles. The SMILES string of the molecule is CN(C)CCN(C)C.F[CH-]F.[Pd+2].[c-]1ccccc1. The Morgan fingerprint density at radius 2 is 1.22 bits per heavy atom. The van der Waals surface area contributed by atoms with Crippen molar-refractivity contribution in [1.29, 1.82) is 0 Å². The van der Waals surface area contributed by atoms with Crippen molar-refractivity contribution in [2.75, 3.05) is 41.3 Å². The van der Waals surface area contributed by atoms with E-state index in [9.17, 15) is 8.78 Å². The minimum atomic E-state index is -1.00. The molecule has 0 radical (unpaired) electrons. The molecule has 0 heterocycles. The van der Waals surface area contributed by atoms with Gasteiger partial charge in [0.1, 0.15) is 0 Å².